The van der Waals surface area contributed by atoms with Crippen LogP contribution in [0.5, 0.6) is 0 Å². The highest BCUT2D eigenvalue weighted by Gasteiger charge is 2.28. The lowest BCUT2D eigenvalue weighted by atomic mass is 10.0. The largest absolute Gasteiger partial charge is 0.380 e. The van der Waals surface area contributed by atoms with Gasteiger partial charge in [-0.1, -0.05) is 37.3 Å². The maximum Gasteiger partial charge on any atom is 0.0724 e. The van der Waals surface area contributed by atoms with Crippen molar-refractivity contribution >= 4 is 0 Å². The van der Waals surface area contributed by atoms with Crippen molar-refractivity contribution in [3.05, 3.63) is 35.9 Å². The Morgan fingerprint density at radius 3 is 2.72 bits per heavy atom. The molecule has 18 heavy (non-hydrogen) atoms. The average Bonchev–Trinajstić information content (AvgIpc) is 2.86. The molecule has 0 saturated heterocycles. The van der Waals surface area contributed by atoms with Crippen molar-refractivity contribution in [3.63, 3.8) is 0 Å². The third-order valence-electron chi connectivity index (χ3n) is 4.02. The van der Waals surface area contributed by atoms with E-state index in [1.807, 2.05) is 7.11 Å². The molecule has 3 unspecified atom stereocenters. The second kappa shape index (κ2) is 6.91. The van der Waals surface area contributed by atoms with Gasteiger partial charge in [-0.15, -0.1) is 0 Å². The van der Waals surface area contributed by atoms with E-state index in [1.165, 1.54) is 31.2 Å². The molecular weight excluding hydrogens is 222 g/mol. The summed E-state index contributed by atoms with van der Waals surface area (Å²) in [4.78, 5) is 0. The molecule has 0 aliphatic heterocycles. The van der Waals surface area contributed by atoms with Crippen LogP contribution in [0.1, 0.15) is 38.2 Å². The SMILES string of the molecule is CCC(Cc1ccccc1)NC1CCCC1OC. The molecule has 0 heterocycles. The number of hydrogen-bond donors (Lipinski definition) is 1. The van der Waals surface area contributed by atoms with Crippen LogP contribution < -0.4 is 5.32 Å². The van der Waals surface area contributed by atoms with Crippen molar-refractivity contribution in [2.75, 3.05) is 7.11 Å². The van der Waals surface area contributed by atoms with Gasteiger partial charge in [0.15, 0.2) is 0 Å². The van der Waals surface area contributed by atoms with Crippen LogP contribution in [0.15, 0.2) is 30.3 Å². The predicted octanol–water partition coefficient (Wildman–Crippen LogP) is 3.16. The highest BCUT2D eigenvalue weighted by atomic mass is 16.5. The fraction of sp³-hybridized carbons (Fsp3) is 0.625. The zero-order valence-corrected chi connectivity index (χ0v) is 11.6. The van der Waals surface area contributed by atoms with Crippen molar-refractivity contribution in [2.45, 2.75) is 57.2 Å². The summed E-state index contributed by atoms with van der Waals surface area (Å²) >= 11 is 0. The van der Waals surface area contributed by atoms with E-state index >= 15 is 0 Å². The molecule has 2 heteroatoms. The van der Waals surface area contributed by atoms with Crippen LogP contribution in [0.2, 0.25) is 0 Å². The van der Waals surface area contributed by atoms with Crippen LogP contribution in [0.3, 0.4) is 0 Å². The Bertz CT molecular complexity index is 338. The molecule has 100 valence electrons. The van der Waals surface area contributed by atoms with Crippen LogP contribution in [0.4, 0.5) is 0 Å². The molecule has 2 rings (SSSR count). The van der Waals surface area contributed by atoms with Gasteiger partial charge in [-0.25, -0.2) is 0 Å². The molecular formula is C16H25NO. The van der Waals surface area contributed by atoms with Crippen LogP contribution in [-0.2, 0) is 11.2 Å². The van der Waals surface area contributed by atoms with Gasteiger partial charge in [0, 0.05) is 19.2 Å². The van der Waals surface area contributed by atoms with Gasteiger partial charge in [0.2, 0.25) is 0 Å². The molecule has 0 aromatic heterocycles. The molecule has 0 amide bonds. The second-order valence-corrected chi connectivity index (χ2v) is 5.27. The molecule has 1 aliphatic rings. The highest BCUT2D eigenvalue weighted by Crippen LogP contribution is 2.22. The molecule has 0 radical (unpaired) electrons. The van der Waals surface area contributed by atoms with E-state index in [4.69, 9.17) is 4.74 Å². The van der Waals surface area contributed by atoms with E-state index in [2.05, 4.69) is 42.6 Å². The second-order valence-electron chi connectivity index (χ2n) is 5.27. The zero-order valence-electron chi connectivity index (χ0n) is 11.6. The minimum atomic E-state index is 0.412. The molecule has 1 N–H and O–H groups in total. The predicted molar refractivity (Wildman–Crippen MR) is 75.8 cm³/mol. The van der Waals surface area contributed by atoms with Crippen molar-refractivity contribution in [3.8, 4) is 0 Å². The summed E-state index contributed by atoms with van der Waals surface area (Å²) in [6.07, 6.45) is 6.44. The number of methoxy groups -OCH3 is 1. The van der Waals surface area contributed by atoms with E-state index in [0.29, 0.717) is 18.2 Å². The fourth-order valence-corrected chi connectivity index (χ4v) is 2.92. The molecule has 1 aromatic carbocycles. The number of nitrogens with one attached hydrogen (secondary N) is 1. The molecule has 3 atom stereocenters. The first-order chi connectivity index (χ1) is 8.83. The monoisotopic (exact) mass is 247 g/mol. The Balaban J connectivity index is 1.89. The molecule has 0 spiro atoms. The molecule has 1 saturated carbocycles. The van der Waals surface area contributed by atoms with Crippen LogP contribution in [0.25, 0.3) is 0 Å². The molecule has 0 bridgehead atoms. The quantitative estimate of drug-likeness (QED) is 0.833. The molecule has 1 fully saturated rings. The van der Waals surface area contributed by atoms with E-state index in [0.717, 1.165) is 6.42 Å². The summed E-state index contributed by atoms with van der Waals surface area (Å²) in [6.45, 7) is 2.26. The van der Waals surface area contributed by atoms with Crippen molar-refractivity contribution < 1.29 is 4.74 Å². The van der Waals surface area contributed by atoms with Gasteiger partial charge in [0.1, 0.15) is 0 Å². The summed E-state index contributed by atoms with van der Waals surface area (Å²) in [6, 6.07) is 11.9. The third-order valence-corrected chi connectivity index (χ3v) is 4.02. The topological polar surface area (TPSA) is 21.3 Å². The standard InChI is InChI=1S/C16H25NO/c1-3-14(12-13-8-5-4-6-9-13)17-15-10-7-11-16(15)18-2/h4-6,8-9,14-17H,3,7,10-12H2,1-2H3. The van der Waals surface area contributed by atoms with Crippen molar-refractivity contribution in [2.24, 2.45) is 0 Å². The zero-order chi connectivity index (χ0) is 12.8. The van der Waals surface area contributed by atoms with Crippen LogP contribution in [0, 0.1) is 0 Å². The minimum absolute atomic E-state index is 0.412. The van der Waals surface area contributed by atoms with E-state index in [-0.39, 0.29) is 0 Å². The Hall–Kier alpha value is -0.860. The van der Waals surface area contributed by atoms with Gasteiger partial charge >= 0.3 is 0 Å². The minimum Gasteiger partial charge on any atom is -0.380 e. The average molecular weight is 247 g/mol. The van der Waals surface area contributed by atoms with Crippen LogP contribution >= 0.6 is 0 Å². The van der Waals surface area contributed by atoms with Gasteiger partial charge in [-0.2, -0.15) is 0 Å². The Kier molecular flexibility index (Phi) is 5.21. The first kappa shape index (κ1) is 13.6. The van der Waals surface area contributed by atoms with Gasteiger partial charge in [-0.3, -0.25) is 0 Å². The van der Waals surface area contributed by atoms with Crippen molar-refractivity contribution in [1.82, 2.24) is 5.32 Å². The molecule has 2 nitrogen and oxygen atoms in total. The Morgan fingerprint density at radius 2 is 2.06 bits per heavy atom. The maximum absolute atomic E-state index is 5.56. The Morgan fingerprint density at radius 1 is 1.28 bits per heavy atom. The van der Waals surface area contributed by atoms with Crippen molar-refractivity contribution in [1.29, 1.82) is 0 Å². The number of rotatable bonds is 6. The lowest BCUT2D eigenvalue weighted by molar-refractivity contribution is 0.0810. The third kappa shape index (κ3) is 3.56. The highest BCUT2D eigenvalue weighted by molar-refractivity contribution is 5.16. The maximum atomic E-state index is 5.56. The lowest BCUT2D eigenvalue weighted by Crippen LogP contribution is -2.44. The summed E-state index contributed by atoms with van der Waals surface area (Å²) in [5.74, 6) is 0. The van der Waals surface area contributed by atoms with Gasteiger partial charge in [0.05, 0.1) is 6.10 Å². The Labute approximate surface area is 111 Å². The first-order valence-corrected chi connectivity index (χ1v) is 7.16. The van der Waals surface area contributed by atoms with Gasteiger partial charge in [0.25, 0.3) is 0 Å². The smallest absolute Gasteiger partial charge is 0.0724 e. The lowest BCUT2D eigenvalue weighted by Gasteiger charge is -2.26. The van der Waals surface area contributed by atoms with Crippen LogP contribution in [-0.4, -0.2) is 25.3 Å². The van der Waals surface area contributed by atoms with Gasteiger partial charge < -0.3 is 10.1 Å². The summed E-state index contributed by atoms with van der Waals surface area (Å²) in [7, 11) is 1.84. The molecule has 1 aromatic rings. The number of ether oxygens (including phenoxy) is 1. The molecule has 1 aliphatic carbocycles. The summed E-state index contributed by atoms with van der Waals surface area (Å²) < 4.78 is 5.56. The van der Waals surface area contributed by atoms with E-state index in [1.54, 1.807) is 0 Å². The fourth-order valence-electron chi connectivity index (χ4n) is 2.92. The number of hydrogen-bond acceptors (Lipinski definition) is 2. The van der Waals surface area contributed by atoms with Gasteiger partial charge in [-0.05, 0) is 37.7 Å². The van der Waals surface area contributed by atoms with E-state index in [9.17, 15) is 0 Å². The summed E-state index contributed by atoms with van der Waals surface area (Å²) in [5, 5.41) is 3.79. The summed E-state index contributed by atoms with van der Waals surface area (Å²) in [5.41, 5.74) is 1.42. The first-order valence-electron chi connectivity index (χ1n) is 7.16. The van der Waals surface area contributed by atoms with E-state index < -0.39 is 0 Å². The normalized spacial score (nSPS) is 25.2. The number of benzene rings is 1.